The van der Waals surface area contributed by atoms with Gasteiger partial charge in [0.05, 0.1) is 0 Å². The minimum absolute atomic E-state index is 0.361. The van der Waals surface area contributed by atoms with E-state index in [2.05, 4.69) is 46.9 Å². The summed E-state index contributed by atoms with van der Waals surface area (Å²) in [6, 6.07) is 5.53. The number of benzene rings is 1. The summed E-state index contributed by atoms with van der Waals surface area (Å²) in [5.74, 6) is 0.361. The van der Waals surface area contributed by atoms with Crippen LogP contribution in [0, 0.1) is 0 Å². The standard InChI is InChI=1S/C12H19BrN2O/c1-14(2)6-7-15(3)9-10-8-11(13)4-5-12(10)16/h4-5,8,16H,6-7,9H2,1-3H3. The molecule has 90 valence electrons. The Bertz CT molecular complexity index is 342. The quantitative estimate of drug-likeness (QED) is 0.899. The van der Waals surface area contributed by atoms with Gasteiger partial charge < -0.3 is 14.9 Å². The van der Waals surface area contributed by atoms with Crippen molar-refractivity contribution in [1.82, 2.24) is 9.80 Å². The van der Waals surface area contributed by atoms with Crippen LogP contribution in [0.1, 0.15) is 5.56 Å². The van der Waals surface area contributed by atoms with Crippen molar-refractivity contribution in [2.24, 2.45) is 0 Å². The van der Waals surface area contributed by atoms with E-state index in [1.165, 1.54) is 0 Å². The van der Waals surface area contributed by atoms with Crippen LogP contribution in [0.25, 0.3) is 0 Å². The highest BCUT2D eigenvalue weighted by Gasteiger charge is 2.05. The summed E-state index contributed by atoms with van der Waals surface area (Å²) >= 11 is 3.41. The van der Waals surface area contributed by atoms with Gasteiger partial charge in [-0.1, -0.05) is 15.9 Å². The molecule has 0 aliphatic heterocycles. The summed E-state index contributed by atoms with van der Waals surface area (Å²) in [6.07, 6.45) is 0. The van der Waals surface area contributed by atoms with E-state index >= 15 is 0 Å². The highest BCUT2D eigenvalue weighted by Crippen LogP contribution is 2.22. The number of rotatable bonds is 5. The van der Waals surface area contributed by atoms with Gasteiger partial charge >= 0.3 is 0 Å². The molecule has 0 aliphatic carbocycles. The fourth-order valence-corrected chi connectivity index (χ4v) is 1.83. The second-order valence-electron chi connectivity index (χ2n) is 4.31. The number of halogens is 1. The van der Waals surface area contributed by atoms with Gasteiger partial charge in [0.15, 0.2) is 0 Å². The average Bonchev–Trinajstić information content (AvgIpc) is 2.20. The van der Waals surface area contributed by atoms with E-state index in [1.54, 1.807) is 6.07 Å². The molecule has 1 aromatic rings. The zero-order chi connectivity index (χ0) is 12.1. The van der Waals surface area contributed by atoms with Crippen molar-refractivity contribution in [2.75, 3.05) is 34.2 Å². The minimum atomic E-state index is 0.361. The van der Waals surface area contributed by atoms with Crippen molar-refractivity contribution in [3.63, 3.8) is 0 Å². The third kappa shape index (κ3) is 4.51. The lowest BCUT2D eigenvalue weighted by atomic mass is 10.2. The first-order chi connectivity index (χ1) is 7.49. The Labute approximate surface area is 106 Å². The van der Waals surface area contributed by atoms with Crippen LogP contribution >= 0.6 is 15.9 Å². The highest BCUT2D eigenvalue weighted by molar-refractivity contribution is 9.10. The first-order valence-electron chi connectivity index (χ1n) is 5.29. The van der Waals surface area contributed by atoms with E-state index in [1.807, 2.05) is 12.1 Å². The number of phenols is 1. The van der Waals surface area contributed by atoms with E-state index in [9.17, 15) is 5.11 Å². The molecule has 0 radical (unpaired) electrons. The Kier molecular flexibility index (Phi) is 5.25. The molecule has 1 aromatic carbocycles. The molecule has 0 spiro atoms. The van der Waals surface area contributed by atoms with Crippen molar-refractivity contribution >= 4 is 15.9 Å². The van der Waals surface area contributed by atoms with Crippen LogP contribution in [0.3, 0.4) is 0 Å². The predicted molar refractivity (Wildman–Crippen MR) is 70.7 cm³/mol. The molecule has 0 heterocycles. The van der Waals surface area contributed by atoms with Gasteiger partial charge in [-0.2, -0.15) is 0 Å². The second-order valence-corrected chi connectivity index (χ2v) is 5.23. The number of phenolic OH excluding ortho intramolecular Hbond substituents is 1. The monoisotopic (exact) mass is 286 g/mol. The third-order valence-corrected chi connectivity index (χ3v) is 2.90. The molecule has 0 saturated carbocycles. The fourth-order valence-electron chi connectivity index (χ4n) is 1.42. The van der Waals surface area contributed by atoms with Crippen molar-refractivity contribution in [1.29, 1.82) is 0 Å². The van der Waals surface area contributed by atoms with E-state index in [-0.39, 0.29) is 0 Å². The van der Waals surface area contributed by atoms with Gasteiger partial charge in [-0.15, -0.1) is 0 Å². The SMILES string of the molecule is CN(C)CCN(C)Cc1cc(Br)ccc1O. The zero-order valence-electron chi connectivity index (χ0n) is 10.1. The van der Waals surface area contributed by atoms with Crippen molar-refractivity contribution in [3.8, 4) is 5.75 Å². The van der Waals surface area contributed by atoms with Crippen LogP contribution in [0.4, 0.5) is 0 Å². The maximum Gasteiger partial charge on any atom is 0.120 e. The minimum Gasteiger partial charge on any atom is -0.508 e. The Hall–Kier alpha value is -0.580. The van der Waals surface area contributed by atoms with Gasteiger partial charge in [0.2, 0.25) is 0 Å². The maximum atomic E-state index is 9.70. The summed E-state index contributed by atoms with van der Waals surface area (Å²) < 4.78 is 1.00. The van der Waals surface area contributed by atoms with Crippen molar-refractivity contribution < 1.29 is 5.11 Å². The van der Waals surface area contributed by atoms with E-state index in [0.29, 0.717) is 5.75 Å². The molecule has 0 bridgehead atoms. The average molecular weight is 287 g/mol. The van der Waals surface area contributed by atoms with Gasteiger partial charge in [0.1, 0.15) is 5.75 Å². The zero-order valence-corrected chi connectivity index (χ0v) is 11.7. The van der Waals surface area contributed by atoms with E-state index in [0.717, 1.165) is 29.7 Å². The Balaban J connectivity index is 2.55. The molecule has 0 aliphatic rings. The van der Waals surface area contributed by atoms with Gasteiger partial charge in [-0.25, -0.2) is 0 Å². The fraction of sp³-hybridized carbons (Fsp3) is 0.500. The summed E-state index contributed by atoms with van der Waals surface area (Å²) in [5, 5.41) is 9.70. The lowest BCUT2D eigenvalue weighted by molar-refractivity contribution is 0.273. The molecule has 1 N–H and O–H groups in total. The molecule has 0 aromatic heterocycles. The van der Waals surface area contributed by atoms with Gasteiger partial charge in [-0.05, 0) is 39.3 Å². The number of likely N-dealkylation sites (N-methyl/N-ethyl adjacent to an activating group) is 2. The Morgan fingerprint density at radius 3 is 2.50 bits per heavy atom. The Morgan fingerprint density at radius 1 is 1.19 bits per heavy atom. The predicted octanol–water partition coefficient (Wildman–Crippen LogP) is 2.15. The van der Waals surface area contributed by atoms with Gasteiger partial charge in [0.25, 0.3) is 0 Å². The summed E-state index contributed by atoms with van der Waals surface area (Å²) in [7, 11) is 6.18. The van der Waals surface area contributed by atoms with E-state index < -0.39 is 0 Å². The smallest absolute Gasteiger partial charge is 0.120 e. The third-order valence-electron chi connectivity index (χ3n) is 2.41. The molecule has 1 rings (SSSR count). The van der Waals surface area contributed by atoms with Crippen molar-refractivity contribution in [3.05, 3.63) is 28.2 Å². The molecule has 4 heteroatoms. The summed E-state index contributed by atoms with van der Waals surface area (Å²) in [6.45, 7) is 2.77. The first-order valence-corrected chi connectivity index (χ1v) is 6.09. The first kappa shape index (κ1) is 13.5. The molecule has 0 atom stereocenters. The van der Waals surface area contributed by atoms with Gasteiger partial charge in [0, 0.05) is 29.7 Å². The van der Waals surface area contributed by atoms with Crippen LogP contribution in [-0.4, -0.2) is 49.1 Å². The Morgan fingerprint density at radius 2 is 1.88 bits per heavy atom. The maximum absolute atomic E-state index is 9.70. The molecule has 0 fully saturated rings. The summed E-state index contributed by atoms with van der Waals surface area (Å²) in [4.78, 5) is 4.35. The highest BCUT2D eigenvalue weighted by atomic mass is 79.9. The number of aromatic hydroxyl groups is 1. The lowest BCUT2D eigenvalue weighted by Gasteiger charge is -2.19. The topological polar surface area (TPSA) is 26.7 Å². The molecule has 0 saturated heterocycles. The van der Waals surface area contributed by atoms with Crippen LogP contribution in [-0.2, 0) is 6.54 Å². The second kappa shape index (κ2) is 6.23. The van der Waals surface area contributed by atoms with Crippen LogP contribution in [0.5, 0.6) is 5.75 Å². The number of hydrogen-bond donors (Lipinski definition) is 1. The van der Waals surface area contributed by atoms with Crippen LogP contribution in [0.2, 0.25) is 0 Å². The molecule has 3 nitrogen and oxygen atoms in total. The number of nitrogens with zero attached hydrogens (tertiary/aromatic N) is 2. The van der Waals surface area contributed by atoms with Crippen LogP contribution < -0.4 is 0 Å². The molecule has 0 amide bonds. The number of hydrogen-bond acceptors (Lipinski definition) is 3. The van der Waals surface area contributed by atoms with Crippen molar-refractivity contribution in [2.45, 2.75) is 6.54 Å². The molecule has 0 unspecified atom stereocenters. The van der Waals surface area contributed by atoms with Gasteiger partial charge in [-0.3, -0.25) is 0 Å². The molecular formula is C12H19BrN2O. The largest absolute Gasteiger partial charge is 0.508 e. The van der Waals surface area contributed by atoms with Crippen LogP contribution in [0.15, 0.2) is 22.7 Å². The molecule has 16 heavy (non-hydrogen) atoms. The molecular weight excluding hydrogens is 268 g/mol. The van der Waals surface area contributed by atoms with E-state index in [4.69, 9.17) is 0 Å². The normalized spacial score (nSPS) is 11.4. The summed E-state index contributed by atoms with van der Waals surface area (Å²) in [5.41, 5.74) is 0.954. The lowest BCUT2D eigenvalue weighted by Crippen LogP contribution is -2.28.